The maximum Gasteiger partial charge on any atom is 0.338 e. The van der Waals surface area contributed by atoms with Gasteiger partial charge in [0, 0.05) is 19.8 Å². The van der Waals surface area contributed by atoms with E-state index in [-0.39, 0.29) is 4.90 Å². The molecule has 3 N–H and O–H groups in total. The number of benzene rings is 2. The number of carbonyl (C=O) groups is 1. The van der Waals surface area contributed by atoms with Gasteiger partial charge in [-0.3, -0.25) is 4.18 Å². The molecule has 1 aliphatic rings. The highest BCUT2D eigenvalue weighted by Crippen LogP contribution is 2.24. The molecule has 0 spiro atoms. The van der Waals surface area contributed by atoms with Crippen molar-refractivity contribution in [1.29, 1.82) is 0 Å². The molecule has 1 heterocycles. The van der Waals surface area contributed by atoms with Crippen molar-refractivity contribution in [3.8, 4) is 0 Å². The van der Waals surface area contributed by atoms with Crippen LogP contribution in [0.1, 0.15) is 0 Å². The second-order valence-corrected chi connectivity index (χ2v) is 8.86. The summed E-state index contributed by atoms with van der Waals surface area (Å²) < 4.78 is 34.1. The summed E-state index contributed by atoms with van der Waals surface area (Å²) in [5.74, 6) is -1.11. The zero-order valence-corrected chi connectivity index (χ0v) is 18.1. The third-order valence-electron chi connectivity index (χ3n) is 4.70. The van der Waals surface area contributed by atoms with Crippen molar-refractivity contribution in [1.82, 2.24) is 0 Å². The molecule has 0 aromatic heterocycles. The summed E-state index contributed by atoms with van der Waals surface area (Å²) >= 11 is 0. The highest BCUT2D eigenvalue weighted by Gasteiger charge is 2.46. The number of carbonyl (C=O) groups excluding carboxylic acids is 1. The molecule has 0 bridgehead atoms. The molecule has 0 radical (unpaired) electrons. The Labute approximate surface area is 184 Å². The number of anilines is 1. The van der Waals surface area contributed by atoms with Crippen LogP contribution in [0.2, 0.25) is 0 Å². The lowest BCUT2D eigenvalue weighted by Crippen LogP contribution is -2.41. The summed E-state index contributed by atoms with van der Waals surface area (Å²) in [4.78, 5) is 13.0. The van der Waals surface area contributed by atoms with Crippen molar-refractivity contribution in [2.24, 2.45) is 10.2 Å². The van der Waals surface area contributed by atoms with E-state index in [4.69, 9.17) is 4.18 Å². The van der Waals surface area contributed by atoms with Crippen molar-refractivity contribution in [3.63, 3.8) is 0 Å². The first kappa shape index (κ1) is 23.8. The predicted octanol–water partition coefficient (Wildman–Crippen LogP) is 0.881. The van der Waals surface area contributed by atoms with E-state index in [0.717, 1.165) is 5.69 Å². The molecule has 4 atom stereocenters. The van der Waals surface area contributed by atoms with Gasteiger partial charge >= 0.3 is 5.97 Å². The minimum atomic E-state index is -4.25. The molecule has 2 unspecified atom stereocenters. The van der Waals surface area contributed by atoms with E-state index in [1.54, 1.807) is 12.1 Å². The fourth-order valence-electron chi connectivity index (χ4n) is 2.83. The van der Waals surface area contributed by atoms with Gasteiger partial charge in [-0.25, -0.2) is 4.79 Å². The Morgan fingerprint density at radius 1 is 1.03 bits per heavy atom. The number of hydrogen-bond donors (Lipinski definition) is 3. The SMILES string of the molecule is CN(C)c1ccc(N=Nc2ccc(S(=O)(=O)OC[C@H](O)[C@H]3OC(=O)C(O)C3O)cc2)cc1. The normalized spacial score (nSPS) is 22.2. The molecule has 172 valence electrons. The van der Waals surface area contributed by atoms with Crippen LogP contribution >= 0.6 is 0 Å². The zero-order valence-electron chi connectivity index (χ0n) is 17.3. The molecule has 0 amide bonds. The summed E-state index contributed by atoms with van der Waals surface area (Å²) in [5.41, 5.74) is 2.06. The van der Waals surface area contributed by atoms with Gasteiger partial charge in [0.25, 0.3) is 10.1 Å². The Morgan fingerprint density at radius 2 is 1.56 bits per heavy atom. The van der Waals surface area contributed by atoms with Gasteiger partial charge in [0.15, 0.2) is 12.2 Å². The maximum absolute atomic E-state index is 12.3. The fraction of sp³-hybridized carbons (Fsp3) is 0.350. The number of hydrogen-bond acceptors (Lipinski definition) is 11. The lowest BCUT2D eigenvalue weighted by molar-refractivity contribution is -0.151. The molecule has 12 heteroatoms. The van der Waals surface area contributed by atoms with Gasteiger partial charge < -0.3 is 25.0 Å². The van der Waals surface area contributed by atoms with Gasteiger partial charge in [0.2, 0.25) is 0 Å². The largest absolute Gasteiger partial charge is 0.455 e. The number of rotatable bonds is 8. The zero-order chi connectivity index (χ0) is 23.5. The first-order chi connectivity index (χ1) is 15.1. The van der Waals surface area contributed by atoms with E-state index < -0.39 is 47.1 Å². The third-order valence-corrected chi connectivity index (χ3v) is 6.00. The van der Waals surface area contributed by atoms with Crippen LogP contribution in [0.3, 0.4) is 0 Å². The fourth-order valence-corrected chi connectivity index (χ4v) is 3.76. The van der Waals surface area contributed by atoms with Crippen molar-refractivity contribution >= 4 is 33.1 Å². The average molecular weight is 465 g/mol. The van der Waals surface area contributed by atoms with Crippen molar-refractivity contribution < 1.29 is 37.5 Å². The van der Waals surface area contributed by atoms with Crippen LogP contribution in [-0.2, 0) is 23.8 Å². The summed E-state index contributed by atoms with van der Waals surface area (Å²) in [6.07, 6.45) is -6.65. The molecule has 1 fully saturated rings. The van der Waals surface area contributed by atoms with Gasteiger partial charge in [0.05, 0.1) is 22.9 Å². The Kier molecular flexibility index (Phi) is 7.21. The Bertz CT molecular complexity index is 1070. The smallest absolute Gasteiger partial charge is 0.338 e. The van der Waals surface area contributed by atoms with E-state index in [1.807, 2.05) is 31.1 Å². The van der Waals surface area contributed by atoms with Crippen LogP contribution in [0.15, 0.2) is 63.7 Å². The van der Waals surface area contributed by atoms with Gasteiger partial charge in [-0.05, 0) is 48.5 Å². The highest BCUT2D eigenvalue weighted by atomic mass is 32.2. The number of esters is 1. The van der Waals surface area contributed by atoms with Crippen LogP contribution in [0.5, 0.6) is 0 Å². The van der Waals surface area contributed by atoms with E-state index in [0.29, 0.717) is 11.4 Å². The number of nitrogens with zero attached hydrogens (tertiary/aromatic N) is 3. The highest BCUT2D eigenvalue weighted by molar-refractivity contribution is 7.86. The summed E-state index contributed by atoms with van der Waals surface area (Å²) in [6, 6.07) is 12.8. The summed E-state index contributed by atoms with van der Waals surface area (Å²) in [6.45, 7) is -0.783. The van der Waals surface area contributed by atoms with Crippen molar-refractivity contribution in [2.45, 2.75) is 29.3 Å². The predicted molar refractivity (Wildman–Crippen MR) is 112 cm³/mol. The molecule has 11 nitrogen and oxygen atoms in total. The molecule has 2 aromatic carbocycles. The van der Waals surface area contributed by atoms with Gasteiger partial charge in [0.1, 0.15) is 12.2 Å². The molecule has 0 saturated carbocycles. The van der Waals surface area contributed by atoms with Crippen LogP contribution in [0, 0.1) is 0 Å². The maximum atomic E-state index is 12.3. The van der Waals surface area contributed by atoms with Crippen LogP contribution < -0.4 is 4.90 Å². The van der Waals surface area contributed by atoms with E-state index in [2.05, 4.69) is 15.0 Å². The molecule has 0 aliphatic carbocycles. The molecule has 32 heavy (non-hydrogen) atoms. The van der Waals surface area contributed by atoms with Crippen molar-refractivity contribution in [3.05, 3.63) is 48.5 Å². The number of ether oxygens (including phenoxy) is 1. The number of cyclic esters (lactones) is 1. The summed E-state index contributed by atoms with van der Waals surface area (Å²) in [7, 11) is -0.399. The van der Waals surface area contributed by atoms with E-state index in [9.17, 15) is 28.5 Å². The Hall–Kier alpha value is -2.90. The number of aliphatic hydroxyl groups is 3. The lowest BCUT2D eigenvalue weighted by atomic mass is 10.1. The molecule has 1 aliphatic heterocycles. The Balaban J connectivity index is 1.60. The van der Waals surface area contributed by atoms with Crippen LogP contribution in [0.4, 0.5) is 17.1 Å². The third kappa shape index (κ3) is 5.47. The first-order valence-corrected chi connectivity index (χ1v) is 10.9. The molecular formula is C20H23N3O8S. The Morgan fingerprint density at radius 3 is 2.03 bits per heavy atom. The summed E-state index contributed by atoms with van der Waals surface area (Å²) in [5, 5.41) is 37.1. The second kappa shape index (κ2) is 9.71. The molecule has 3 rings (SSSR count). The minimum absolute atomic E-state index is 0.192. The van der Waals surface area contributed by atoms with Crippen LogP contribution in [-0.4, -0.2) is 74.8 Å². The van der Waals surface area contributed by atoms with Gasteiger partial charge in [-0.2, -0.15) is 18.6 Å². The second-order valence-electron chi connectivity index (χ2n) is 7.25. The minimum Gasteiger partial charge on any atom is -0.455 e. The molecule has 1 saturated heterocycles. The van der Waals surface area contributed by atoms with Gasteiger partial charge in [-0.1, -0.05) is 0 Å². The molecular weight excluding hydrogens is 442 g/mol. The number of azo groups is 1. The standard InChI is InChI=1S/C20H23N3O8S/c1-23(2)14-7-3-12(4-8-14)21-22-13-5-9-15(10-6-13)32(28,29)30-11-16(24)19-17(25)18(26)20(27)31-19/h3-10,16-19,24-26H,11H2,1-2H3/t16-,17?,18?,19+/m0/s1. The first-order valence-electron chi connectivity index (χ1n) is 9.52. The van der Waals surface area contributed by atoms with Crippen molar-refractivity contribution in [2.75, 3.05) is 25.6 Å². The van der Waals surface area contributed by atoms with E-state index >= 15 is 0 Å². The van der Waals surface area contributed by atoms with Crippen LogP contribution in [0.25, 0.3) is 0 Å². The number of aliphatic hydroxyl groups excluding tert-OH is 3. The quantitative estimate of drug-likeness (QED) is 0.292. The monoisotopic (exact) mass is 465 g/mol. The average Bonchev–Trinajstić information content (AvgIpc) is 3.04. The lowest BCUT2D eigenvalue weighted by Gasteiger charge is -2.19. The topological polar surface area (TPSA) is 158 Å². The van der Waals surface area contributed by atoms with E-state index in [1.165, 1.54) is 24.3 Å². The molecule has 2 aromatic rings. The van der Waals surface area contributed by atoms with Gasteiger partial charge in [-0.15, -0.1) is 0 Å².